The molecule has 0 aliphatic carbocycles. The van der Waals surface area contributed by atoms with Gasteiger partial charge in [-0.25, -0.2) is 8.78 Å². The molecule has 0 radical (unpaired) electrons. The molecule has 2 aliphatic heterocycles. The number of nitrogens with one attached hydrogen (secondary N) is 1. The van der Waals surface area contributed by atoms with Crippen molar-refractivity contribution in [3.05, 3.63) is 29.8 Å². The fraction of sp³-hybridized carbons (Fsp3) is 0.529. The molecule has 1 aromatic carbocycles. The summed E-state index contributed by atoms with van der Waals surface area (Å²) in [6.07, 6.45) is 1.97. The highest BCUT2D eigenvalue weighted by Crippen LogP contribution is 2.30. The van der Waals surface area contributed by atoms with Crippen LogP contribution in [0.4, 0.5) is 14.5 Å². The minimum Gasteiger partial charge on any atom is -0.338 e. The van der Waals surface area contributed by atoms with E-state index >= 15 is 0 Å². The molecule has 0 spiro atoms. The molecule has 2 amide bonds. The number of halogens is 2. The molecule has 1 aromatic rings. The summed E-state index contributed by atoms with van der Waals surface area (Å²) in [4.78, 5) is 28.1. The second kappa shape index (κ2) is 6.84. The Bertz CT molecular complexity index is 653. The number of benzene rings is 1. The summed E-state index contributed by atoms with van der Waals surface area (Å²) in [5.74, 6) is -2.30. The van der Waals surface area contributed by atoms with Gasteiger partial charge in [-0.3, -0.25) is 9.59 Å². The van der Waals surface area contributed by atoms with Gasteiger partial charge < -0.3 is 15.1 Å². The Labute approximate surface area is 139 Å². The first-order valence-electron chi connectivity index (χ1n) is 8.21. The van der Waals surface area contributed by atoms with Crippen LogP contribution >= 0.6 is 0 Å². The summed E-state index contributed by atoms with van der Waals surface area (Å²) in [5, 5.41) is 3.08. The molecule has 7 heteroatoms. The van der Waals surface area contributed by atoms with E-state index in [0.29, 0.717) is 6.54 Å². The largest absolute Gasteiger partial charge is 0.338 e. The second-order valence-electron chi connectivity index (χ2n) is 6.39. The van der Waals surface area contributed by atoms with E-state index < -0.39 is 17.6 Å². The molecule has 0 aromatic heterocycles. The number of amides is 2. The topological polar surface area (TPSA) is 52.7 Å². The van der Waals surface area contributed by atoms with Gasteiger partial charge >= 0.3 is 0 Å². The highest BCUT2D eigenvalue weighted by atomic mass is 19.1. The van der Waals surface area contributed by atoms with Gasteiger partial charge in [0.15, 0.2) is 0 Å². The van der Waals surface area contributed by atoms with Crippen molar-refractivity contribution in [2.24, 2.45) is 5.92 Å². The number of hydrogen-bond acceptors (Lipinski definition) is 3. The van der Waals surface area contributed by atoms with E-state index in [0.717, 1.165) is 31.5 Å². The summed E-state index contributed by atoms with van der Waals surface area (Å²) >= 11 is 0. The molecule has 130 valence electrons. The van der Waals surface area contributed by atoms with Crippen LogP contribution in [0.25, 0.3) is 0 Å². The molecule has 2 heterocycles. The highest BCUT2D eigenvalue weighted by molar-refractivity contribution is 6.00. The van der Waals surface area contributed by atoms with Gasteiger partial charge in [-0.05, 0) is 32.0 Å². The van der Waals surface area contributed by atoms with Gasteiger partial charge in [-0.2, -0.15) is 0 Å². The maximum atomic E-state index is 13.9. The normalized spacial score (nSPS) is 24.0. The number of nitrogens with zero attached hydrogens (tertiary/aromatic N) is 2. The molecule has 3 rings (SSSR count). The summed E-state index contributed by atoms with van der Waals surface area (Å²) < 4.78 is 27.0. The Morgan fingerprint density at radius 2 is 2.17 bits per heavy atom. The minimum absolute atomic E-state index is 0.0323. The number of carbonyl (C=O) groups is 2. The minimum atomic E-state index is -0.786. The van der Waals surface area contributed by atoms with Crippen molar-refractivity contribution in [3.8, 4) is 0 Å². The molecule has 2 aliphatic rings. The van der Waals surface area contributed by atoms with Crippen LogP contribution in [0.1, 0.15) is 19.3 Å². The predicted octanol–water partition coefficient (Wildman–Crippen LogP) is 1.53. The third-order valence-corrected chi connectivity index (χ3v) is 4.77. The highest BCUT2D eigenvalue weighted by Gasteiger charge is 2.40. The number of likely N-dealkylation sites (N-methyl/N-ethyl adjacent to an activating group) is 1. The third kappa shape index (κ3) is 3.13. The molecule has 2 unspecified atom stereocenters. The molecule has 0 saturated carbocycles. The van der Waals surface area contributed by atoms with E-state index in [1.807, 2.05) is 11.9 Å². The van der Waals surface area contributed by atoms with Crippen molar-refractivity contribution < 1.29 is 18.4 Å². The lowest BCUT2D eigenvalue weighted by atomic mass is 10.1. The maximum Gasteiger partial charge on any atom is 0.228 e. The zero-order chi connectivity index (χ0) is 17.3. The molecule has 1 N–H and O–H groups in total. The van der Waals surface area contributed by atoms with Gasteiger partial charge in [0.2, 0.25) is 11.8 Å². The summed E-state index contributed by atoms with van der Waals surface area (Å²) in [7, 11) is 1.85. The third-order valence-electron chi connectivity index (χ3n) is 4.77. The number of hydrogen-bond donors (Lipinski definition) is 1. The van der Waals surface area contributed by atoms with Crippen LogP contribution in [0.2, 0.25) is 0 Å². The molecule has 2 atom stereocenters. The first kappa shape index (κ1) is 16.8. The Kier molecular flexibility index (Phi) is 4.80. The first-order valence-corrected chi connectivity index (χ1v) is 8.21. The predicted molar refractivity (Wildman–Crippen MR) is 85.5 cm³/mol. The number of carbonyl (C=O) groups excluding carboxylic acids is 2. The molecule has 24 heavy (non-hydrogen) atoms. The first-order chi connectivity index (χ1) is 11.5. The maximum absolute atomic E-state index is 13.9. The monoisotopic (exact) mass is 337 g/mol. The van der Waals surface area contributed by atoms with E-state index in [2.05, 4.69) is 5.32 Å². The smallest absolute Gasteiger partial charge is 0.228 e. The summed E-state index contributed by atoms with van der Waals surface area (Å²) in [6, 6.07) is 3.26. The van der Waals surface area contributed by atoms with E-state index in [9.17, 15) is 18.4 Å². The lowest BCUT2D eigenvalue weighted by Gasteiger charge is -2.27. The van der Waals surface area contributed by atoms with Crippen molar-refractivity contribution in [2.45, 2.75) is 25.3 Å². The van der Waals surface area contributed by atoms with E-state index in [1.165, 1.54) is 11.0 Å². The van der Waals surface area contributed by atoms with Crippen molar-refractivity contribution in [3.63, 3.8) is 0 Å². The molecular weight excluding hydrogens is 316 g/mol. The summed E-state index contributed by atoms with van der Waals surface area (Å²) in [5.41, 5.74) is 0.0323. The Morgan fingerprint density at radius 3 is 2.88 bits per heavy atom. The van der Waals surface area contributed by atoms with Crippen LogP contribution in [0.5, 0.6) is 0 Å². The molecular formula is C17H21F2N3O2. The average Bonchev–Trinajstić information content (AvgIpc) is 3.14. The molecule has 0 bridgehead atoms. The Morgan fingerprint density at radius 1 is 1.38 bits per heavy atom. The summed E-state index contributed by atoms with van der Waals surface area (Å²) in [6.45, 7) is 1.56. The van der Waals surface area contributed by atoms with Crippen molar-refractivity contribution in [1.29, 1.82) is 0 Å². The molecule has 2 saturated heterocycles. The van der Waals surface area contributed by atoms with Gasteiger partial charge in [0.25, 0.3) is 0 Å². The van der Waals surface area contributed by atoms with Crippen molar-refractivity contribution in [2.75, 3.05) is 31.6 Å². The quantitative estimate of drug-likeness (QED) is 0.907. The Hall–Kier alpha value is -2.02. The SMILES string of the molecule is CNCC1CCCN1C(=O)C1CC(=O)N(c2ccc(F)cc2F)C1. The van der Waals surface area contributed by atoms with E-state index in [1.54, 1.807) is 0 Å². The van der Waals surface area contributed by atoms with Gasteiger partial charge in [0, 0.05) is 38.2 Å². The van der Waals surface area contributed by atoms with Crippen molar-refractivity contribution in [1.82, 2.24) is 10.2 Å². The standard InChI is InChI=1S/C17H21F2N3O2/c1-20-9-13-3-2-6-21(13)17(24)11-7-16(23)22(10-11)15-5-4-12(18)8-14(15)19/h4-5,8,11,13,20H,2-3,6-7,9-10H2,1H3. The Balaban J connectivity index is 1.73. The molecule has 5 nitrogen and oxygen atoms in total. The van der Waals surface area contributed by atoms with Crippen LogP contribution in [-0.4, -0.2) is 49.4 Å². The number of anilines is 1. The van der Waals surface area contributed by atoms with Crippen LogP contribution in [0.3, 0.4) is 0 Å². The van der Waals surface area contributed by atoms with E-state index in [4.69, 9.17) is 0 Å². The van der Waals surface area contributed by atoms with Gasteiger partial charge in [-0.15, -0.1) is 0 Å². The lowest BCUT2D eigenvalue weighted by Crippen LogP contribution is -2.44. The fourth-order valence-electron chi connectivity index (χ4n) is 3.61. The fourth-order valence-corrected chi connectivity index (χ4v) is 3.61. The van der Waals surface area contributed by atoms with Gasteiger partial charge in [-0.1, -0.05) is 0 Å². The van der Waals surface area contributed by atoms with Crippen LogP contribution in [-0.2, 0) is 9.59 Å². The van der Waals surface area contributed by atoms with Crippen molar-refractivity contribution >= 4 is 17.5 Å². The van der Waals surface area contributed by atoms with E-state index in [-0.39, 0.29) is 36.5 Å². The average molecular weight is 337 g/mol. The van der Waals surface area contributed by atoms with Crippen LogP contribution < -0.4 is 10.2 Å². The zero-order valence-electron chi connectivity index (χ0n) is 13.6. The molecule has 2 fully saturated rings. The van der Waals surface area contributed by atoms with Crippen LogP contribution in [0.15, 0.2) is 18.2 Å². The number of rotatable bonds is 4. The second-order valence-corrected chi connectivity index (χ2v) is 6.39. The van der Waals surface area contributed by atoms with Gasteiger partial charge in [0.05, 0.1) is 11.6 Å². The van der Waals surface area contributed by atoms with Gasteiger partial charge in [0.1, 0.15) is 11.6 Å². The number of likely N-dealkylation sites (tertiary alicyclic amines) is 1. The van der Waals surface area contributed by atoms with Crippen LogP contribution in [0, 0.1) is 17.6 Å². The zero-order valence-corrected chi connectivity index (χ0v) is 13.6. The lowest BCUT2D eigenvalue weighted by molar-refractivity contribution is -0.136.